The van der Waals surface area contributed by atoms with Gasteiger partial charge in [-0.2, -0.15) is 5.10 Å². The zero-order valence-electron chi connectivity index (χ0n) is 12.4. The number of aromatic nitrogens is 2. The summed E-state index contributed by atoms with van der Waals surface area (Å²) in [5, 5.41) is 17.0. The average Bonchev–Trinajstić information content (AvgIpc) is 2.90. The van der Waals surface area contributed by atoms with Crippen molar-refractivity contribution in [2.45, 2.75) is 26.3 Å². The highest BCUT2D eigenvalue weighted by molar-refractivity contribution is 5.42. The van der Waals surface area contributed by atoms with Gasteiger partial charge in [-0.15, -0.1) is 0 Å². The fraction of sp³-hybridized carbons (Fsp3) is 0.438. The van der Waals surface area contributed by atoms with E-state index in [0.29, 0.717) is 11.7 Å². The van der Waals surface area contributed by atoms with Crippen LogP contribution in [0.4, 0.5) is 5.82 Å². The lowest BCUT2D eigenvalue weighted by atomic mass is 9.98. The molecule has 5 heteroatoms. The number of rotatable bonds is 4. The molecule has 1 aliphatic rings. The second-order valence-corrected chi connectivity index (χ2v) is 5.69. The number of ether oxygens (including phenoxy) is 1. The standard InChI is InChI=1S/C16H21N3O2/c1-11-8-17-16-7-15(18-19(16)9-11)12(2)13-4-3-5-14(6-13)21-10-20/h3-7,11-12,17,20H,8-10H2,1-2H3. The van der Waals surface area contributed by atoms with Crippen LogP contribution in [0, 0.1) is 5.92 Å². The largest absolute Gasteiger partial charge is 0.468 e. The topological polar surface area (TPSA) is 59.3 Å². The molecule has 0 radical (unpaired) electrons. The molecule has 0 amide bonds. The molecule has 2 aromatic rings. The summed E-state index contributed by atoms with van der Waals surface area (Å²) in [4.78, 5) is 0. The van der Waals surface area contributed by atoms with Crippen LogP contribution < -0.4 is 10.1 Å². The molecular weight excluding hydrogens is 266 g/mol. The van der Waals surface area contributed by atoms with E-state index in [9.17, 15) is 0 Å². The monoisotopic (exact) mass is 287 g/mol. The van der Waals surface area contributed by atoms with Gasteiger partial charge < -0.3 is 15.2 Å². The van der Waals surface area contributed by atoms with Gasteiger partial charge in [0.25, 0.3) is 0 Å². The summed E-state index contributed by atoms with van der Waals surface area (Å²) in [5.41, 5.74) is 2.18. The van der Waals surface area contributed by atoms with Crippen LogP contribution in [0.1, 0.15) is 31.0 Å². The number of nitrogens with one attached hydrogen (secondary N) is 1. The Morgan fingerprint density at radius 1 is 1.48 bits per heavy atom. The van der Waals surface area contributed by atoms with E-state index in [1.165, 1.54) is 0 Å². The summed E-state index contributed by atoms with van der Waals surface area (Å²) >= 11 is 0. The Labute approximate surface area is 124 Å². The Balaban J connectivity index is 1.85. The zero-order chi connectivity index (χ0) is 14.8. The van der Waals surface area contributed by atoms with Gasteiger partial charge >= 0.3 is 0 Å². The van der Waals surface area contributed by atoms with E-state index < -0.39 is 0 Å². The first kappa shape index (κ1) is 13.9. The van der Waals surface area contributed by atoms with Gasteiger partial charge in [0.2, 0.25) is 0 Å². The molecular formula is C16H21N3O2. The zero-order valence-corrected chi connectivity index (χ0v) is 12.4. The summed E-state index contributed by atoms with van der Waals surface area (Å²) < 4.78 is 7.20. The van der Waals surface area contributed by atoms with E-state index in [1.54, 1.807) is 0 Å². The molecule has 21 heavy (non-hydrogen) atoms. The Kier molecular flexibility index (Phi) is 3.84. The van der Waals surface area contributed by atoms with Crippen molar-refractivity contribution in [3.63, 3.8) is 0 Å². The third-order valence-electron chi connectivity index (χ3n) is 3.95. The number of fused-ring (bicyclic) bond motifs is 1. The number of hydrogen-bond acceptors (Lipinski definition) is 4. The smallest absolute Gasteiger partial charge is 0.186 e. The lowest BCUT2D eigenvalue weighted by Gasteiger charge is -2.21. The third-order valence-corrected chi connectivity index (χ3v) is 3.95. The van der Waals surface area contributed by atoms with E-state index in [-0.39, 0.29) is 12.7 Å². The maximum atomic E-state index is 8.86. The second-order valence-electron chi connectivity index (χ2n) is 5.69. The number of aliphatic hydroxyl groups is 1. The molecule has 112 valence electrons. The van der Waals surface area contributed by atoms with Gasteiger partial charge in [-0.3, -0.25) is 0 Å². The van der Waals surface area contributed by atoms with E-state index in [2.05, 4.69) is 31.3 Å². The summed E-state index contributed by atoms with van der Waals surface area (Å²) in [7, 11) is 0. The average molecular weight is 287 g/mol. The highest BCUT2D eigenvalue weighted by atomic mass is 16.6. The molecule has 2 atom stereocenters. The first-order valence-corrected chi connectivity index (χ1v) is 7.32. The number of nitrogens with zero attached hydrogens (tertiary/aromatic N) is 2. The Morgan fingerprint density at radius 3 is 3.14 bits per heavy atom. The number of benzene rings is 1. The molecule has 2 N–H and O–H groups in total. The summed E-state index contributed by atoms with van der Waals surface area (Å²) in [5.74, 6) is 2.56. The van der Waals surface area contributed by atoms with Crippen molar-refractivity contribution in [2.75, 3.05) is 18.7 Å². The molecule has 5 nitrogen and oxygen atoms in total. The van der Waals surface area contributed by atoms with Crippen molar-refractivity contribution in [2.24, 2.45) is 5.92 Å². The molecule has 0 bridgehead atoms. The highest BCUT2D eigenvalue weighted by Crippen LogP contribution is 2.29. The second kappa shape index (κ2) is 5.77. The minimum Gasteiger partial charge on any atom is -0.468 e. The summed E-state index contributed by atoms with van der Waals surface area (Å²) in [6, 6.07) is 9.91. The van der Waals surface area contributed by atoms with Gasteiger partial charge in [0, 0.05) is 25.1 Å². The van der Waals surface area contributed by atoms with Gasteiger partial charge in [0.1, 0.15) is 11.6 Å². The van der Waals surface area contributed by atoms with Crippen LogP contribution in [0.15, 0.2) is 30.3 Å². The molecule has 3 rings (SSSR count). The summed E-state index contributed by atoms with van der Waals surface area (Å²) in [6.45, 7) is 6.01. The quantitative estimate of drug-likeness (QED) is 0.848. The first-order chi connectivity index (χ1) is 10.2. The van der Waals surface area contributed by atoms with E-state index >= 15 is 0 Å². The van der Waals surface area contributed by atoms with Crippen molar-refractivity contribution in [3.05, 3.63) is 41.6 Å². The first-order valence-electron chi connectivity index (χ1n) is 7.32. The molecule has 0 saturated heterocycles. The van der Waals surface area contributed by atoms with Crippen molar-refractivity contribution in [1.82, 2.24) is 9.78 Å². The predicted molar refractivity (Wildman–Crippen MR) is 81.6 cm³/mol. The maximum Gasteiger partial charge on any atom is 0.186 e. The summed E-state index contributed by atoms with van der Waals surface area (Å²) in [6.07, 6.45) is 0. The van der Waals surface area contributed by atoms with E-state index in [0.717, 1.165) is 30.2 Å². The normalized spacial score (nSPS) is 18.7. The minimum atomic E-state index is -0.307. The van der Waals surface area contributed by atoms with Gasteiger partial charge in [-0.1, -0.05) is 26.0 Å². The molecule has 0 spiro atoms. The van der Waals surface area contributed by atoms with Gasteiger partial charge in [-0.05, 0) is 23.6 Å². The molecule has 1 aromatic heterocycles. The maximum absolute atomic E-state index is 8.86. The Bertz CT molecular complexity index is 624. The molecule has 0 aliphatic carbocycles. The number of anilines is 1. The predicted octanol–water partition coefficient (Wildman–Crippen LogP) is 2.43. The third kappa shape index (κ3) is 2.88. The molecule has 0 saturated carbocycles. The fourth-order valence-corrected chi connectivity index (χ4v) is 2.69. The van der Waals surface area contributed by atoms with Crippen LogP contribution in [-0.4, -0.2) is 28.2 Å². The van der Waals surface area contributed by atoms with Crippen LogP contribution in [0.2, 0.25) is 0 Å². The lowest BCUT2D eigenvalue weighted by Crippen LogP contribution is -2.25. The van der Waals surface area contributed by atoms with Gasteiger partial charge in [-0.25, -0.2) is 4.68 Å². The van der Waals surface area contributed by atoms with Crippen LogP contribution in [-0.2, 0) is 6.54 Å². The van der Waals surface area contributed by atoms with Crippen LogP contribution >= 0.6 is 0 Å². The Hall–Kier alpha value is -2.01. The van der Waals surface area contributed by atoms with Crippen molar-refractivity contribution >= 4 is 5.82 Å². The van der Waals surface area contributed by atoms with Crippen LogP contribution in [0.3, 0.4) is 0 Å². The fourth-order valence-electron chi connectivity index (χ4n) is 2.69. The van der Waals surface area contributed by atoms with Crippen molar-refractivity contribution < 1.29 is 9.84 Å². The van der Waals surface area contributed by atoms with Crippen molar-refractivity contribution in [1.29, 1.82) is 0 Å². The van der Waals surface area contributed by atoms with Crippen LogP contribution in [0.5, 0.6) is 5.75 Å². The lowest BCUT2D eigenvalue weighted by molar-refractivity contribution is 0.0984. The van der Waals surface area contributed by atoms with Gasteiger partial charge in [0.15, 0.2) is 6.79 Å². The van der Waals surface area contributed by atoms with E-state index in [4.69, 9.17) is 14.9 Å². The van der Waals surface area contributed by atoms with Gasteiger partial charge in [0.05, 0.1) is 5.69 Å². The minimum absolute atomic E-state index is 0.183. The molecule has 2 unspecified atom stereocenters. The van der Waals surface area contributed by atoms with E-state index in [1.807, 2.05) is 22.9 Å². The van der Waals surface area contributed by atoms with Crippen molar-refractivity contribution in [3.8, 4) is 5.75 Å². The molecule has 2 heterocycles. The number of hydrogen-bond donors (Lipinski definition) is 2. The highest BCUT2D eigenvalue weighted by Gasteiger charge is 2.20. The SMILES string of the molecule is CC1CNc2cc(C(C)c3cccc(OCO)c3)nn2C1. The molecule has 0 fully saturated rings. The van der Waals surface area contributed by atoms with Crippen LogP contribution in [0.25, 0.3) is 0 Å². The number of aliphatic hydroxyl groups excluding tert-OH is 1. The molecule has 1 aromatic carbocycles. The molecule has 1 aliphatic heterocycles. The Morgan fingerprint density at radius 2 is 2.33 bits per heavy atom.